The third-order valence-corrected chi connectivity index (χ3v) is 2.81. The first-order chi connectivity index (χ1) is 5.26. The Bertz CT molecular complexity index is 202. The number of hydrogen-bond acceptors (Lipinski definition) is 2. The lowest BCUT2D eigenvalue weighted by Crippen LogP contribution is -2.49. The lowest BCUT2D eigenvalue weighted by atomic mass is 9.93. The van der Waals surface area contributed by atoms with E-state index < -0.39 is 5.66 Å². The lowest BCUT2D eigenvalue weighted by molar-refractivity contribution is 0.347. The molecule has 2 unspecified atom stereocenters. The van der Waals surface area contributed by atoms with E-state index in [4.69, 9.17) is 11.5 Å². The number of nitrogens with two attached hydrogens (primary N) is 2. The number of rotatable bonds is 3. The predicted molar refractivity (Wildman–Crippen MR) is 52.4 cm³/mol. The first kappa shape index (κ1) is 9.75. The molecule has 0 amide bonds. The van der Waals surface area contributed by atoms with Crippen LogP contribution in [0.25, 0.3) is 0 Å². The maximum absolute atomic E-state index is 5.84. The Morgan fingerprint density at radius 2 is 2.17 bits per heavy atom. The van der Waals surface area contributed by atoms with Crippen LogP contribution in [0.4, 0.5) is 0 Å². The van der Waals surface area contributed by atoms with Gasteiger partial charge < -0.3 is 11.5 Å². The van der Waals surface area contributed by atoms with Gasteiger partial charge in [0.05, 0.1) is 5.66 Å². The summed E-state index contributed by atoms with van der Waals surface area (Å²) in [6.45, 7) is 10.1. The van der Waals surface area contributed by atoms with E-state index in [-0.39, 0.29) is 0 Å². The highest BCUT2D eigenvalue weighted by atomic mass is 15.0. The van der Waals surface area contributed by atoms with E-state index in [1.807, 2.05) is 6.92 Å². The van der Waals surface area contributed by atoms with Crippen LogP contribution in [0, 0.1) is 11.3 Å². The molecule has 2 nitrogen and oxygen atoms in total. The highest BCUT2D eigenvalue weighted by Gasteiger charge is 2.55. The van der Waals surface area contributed by atoms with Crippen LogP contribution in [0.15, 0.2) is 12.2 Å². The molecule has 12 heavy (non-hydrogen) atoms. The van der Waals surface area contributed by atoms with Crippen LogP contribution >= 0.6 is 0 Å². The fourth-order valence-corrected chi connectivity index (χ4v) is 2.26. The molecule has 0 aliphatic heterocycles. The third-order valence-electron chi connectivity index (χ3n) is 2.81. The van der Waals surface area contributed by atoms with Gasteiger partial charge in [-0.25, -0.2) is 0 Å². The predicted octanol–water partition coefficient (Wildman–Crippen LogP) is 1.61. The maximum Gasteiger partial charge on any atom is 0.0642 e. The summed E-state index contributed by atoms with van der Waals surface area (Å²) >= 11 is 0. The van der Waals surface area contributed by atoms with Crippen molar-refractivity contribution < 1.29 is 0 Å². The van der Waals surface area contributed by atoms with Gasteiger partial charge in [0.2, 0.25) is 0 Å². The summed E-state index contributed by atoms with van der Waals surface area (Å²) in [5, 5.41) is 0. The van der Waals surface area contributed by atoms with E-state index in [0.717, 1.165) is 12.8 Å². The summed E-state index contributed by atoms with van der Waals surface area (Å²) in [7, 11) is 0. The molecule has 1 fully saturated rings. The lowest BCUT2D eigenvalue weighted by Gasteiger charge is -2.22. The average Bonchev–Trinajstić information content (AvgIpc) is 2.37. The summed E-state index contributed by atoms with van der Waals surface area (Å²) in [6.07, 6.45) is 2.20. The van der Waals surface area contributed by atoms with Gasteiger partial charge in [-0.3, -0.25) is 0 Å². The Morgan fingerprint density at radius 3 is 2.42 bits per heavy atom. The van der Waals surface area contributed by atoms with Crippen molar-refractivity contribution in [2.24, 2.45) is 22.8 Å². The molecule has 2 atom stereocenters. The molecule has 0 spiro atoms. The zero-order chi connectivity index (χ0) is 9.57. The quantitative estimate of drug-likeness (QED) is 0.497. The smallest absolute Gasteiger partial charge is 0.0642 e. The van der Waals surface area contributed by atoms with E-state index in [1.165, 1.54) is 5.57 Å². The van der Waals surface area contributed by atoms with Crippen molar-refractivity contribution in [1.29, 1.82) is 0 Å². The van der Waals surface area contributed by atoms with Crippen LogP contribution in [0.5, 0.6) is 0 Å². The fraction of sp³-hybridized carbons (Fsp3) is 0.800. The minimum absolute atomic E-state index is 0.323. The van der Waals surface area contributed by atoms with Crippen LogP contribution in [-0.4, -0.2) is 5.66 Å². The molecular formula is C10H20N2. The van der Waals surface area contributed by atoms with Gasteiger partial charge in [0.25, 0.3) is 0 Å². The van der Waals surface area contributed by atoms with Crippen molar-refractivity contribution >= 4 is 0 Å². The second-order valence-electron chi connectivity index (χ2n) is 4.91. The molecular weight excluding hydrogens is 148 g/mol. The SMILES string of the molecule is C=C(C)CC1(C)CC1C(C)(N)N. The Labute approximate surface area is 75.0 Å². The van der Waals surface area contributed by atoms with Gasteiger partial charge in [0.15, 0.2) is 0 Å². The first-order valence-electron chi connectivity index (χ1n) is 4.48. The van der Waals surface area contributed by atoms with Crippen molar-refractivity contribution in [3.63, 3.8) is 0 Å². The molecule has 0 bridgehead atoms. The van der Waals surface area contributed by atoms with Crippen LogP contribution in [0.2, 0.25) is 0 Å². The zero-order valence-corrected chi connectivity index (χ0v) is 8.35. The highest BCUT2D eigenvalue weighted by molar-refractivity contribution is 5.12. The van der Waals surface area contributed by atoms with E-state index in [2.05, 4.69) is 20.4 Å². The normalized spacial score (nSPS) is 34.9. The molecule has 70 valence electrons. The Hall–Kier alpha value is -0.340. The van der Waals surface area contributed by atoms with Gasteiger partial charge in [-0.05, 0) is 38.0 Å². The van der Waals surface area contributed by atoms with E-state index in [0.29, 0.717) is 11.3 Å². The summed E-state index contributed by atoms with van der Waals surface area (Å²) in [4.78, 5) is 0. The van der Waals surface area contributed by atoms with Gasteiger partial charge in [-0.15, -0.1) is 6.58 Å². The molecule has 0 aromatic rings. The maximum atomic E-state index is 5.84. The summed E-state index contributed by atoms with van der Waals surface area (Å²) in [5.41, 5.74) is 12.7. The molecule has 1 aliphatic rings. The minimum atomic E-state index is -0.510. The molecule has 0 saturated heterocycles. The fourth-order valence-electron chi connectivity index (χ4n) is 2.26. The van der Waals surface area contributed by atoms with Crippen molar-refractivity contribution in [3.05, 3.63) is 12.2 Å². The zero-order valence-electron chi connectivity index (χ0n) is 8.35. The second kappa shape index (κ2) is 2.57. The van der Waals surface area contributed by atoms with Crippen LogP contribution in [0.3, 0.4) is 0 Å². The molecule has 1 aliphatic carbocycles. The van der Waals surface area contributed by atoms with Gasteiger partial charge in [-0.2, -0.15) is 0 Å². The van der Waals surface area contributed by atoms with Crippen molar-refractivity contribution in [1.82, 2.24) is 0 Å². The Balaban J connectivity index is 2.54. The molecule has 0 heterocycles. The van der Waals surface area contributed by atoms with Crippen LogP contribution in [0.1, 0.15) is 33.6 Å². The van der Waals surface area contributed by atoms with Gasteiger partial charge in [0, 0.05) is 0 Å². The van der Waals surface area contributed by atoms with E-state index in [1.54, 1.807) is 0 Å². The second-order valence-corrected chi connectivity index (χ2v) is 4.91. The van der Waals surface area contributed by atoms with Crippen molar-refractivity contribution in [2.45, 2.75) is 39.3 Å². The standard InChI is InChI=1S/C10H20N2/c1-7(2)5-9(3)6-8(9)10(4,11)12/h8H,1,5-6,11-12H2,2-4H3. The first-order valence-corrected chi connectivity index (χ1v) is 4.48. The monoisotopic (exact) mass is 168 g/mol. The van der Waals surface area contributed by atoms with Crippen molar-refractivity contribution in [2.75, 3.05) is 0 Å². The van der Waals surface area contributed by atoms with E-state index >= 15 is 0 Å². The van der Waals surface area contributed by atoms with Crippen molar-refractivity contribution in [3.8, 4) is 0 Å². The van der Waals surface area contributed by atoms with Crippen LogP contribution in [-0.2, 0) is 0 Å². The Kier molecular flexibility index (Phi) is 2.09. The Morgan fingerprint density at radius 1 is 1.67 bits per heavy atom. The molecule has 4 N–H and O–H groups in total. The van der Waals surface area contributed by atoms with Gasteiger partial charge >= 0.3 is 0 Å². The molecule has 0 radical (unpaired) electrons. The van der Waals surface area contributed by atoms with Crippen LogP contribution < -0.4 is 11.5 Å². The summed E-state index contributed by atoms with van der Waals surface area (Å²) < 4.78 is 0. The number of hydrogen-bond donors (Lipinski definition) is 2. The highest BCUT2D eigenvalue weighted by Crippen LogP contribution is 2.58. The average molecular weight is 168 g/mol. The van der Waals surface area contributed by atoms with Gasteiger partial charge in [0.1, 0.15) is 0 Å². The molecule has 0 aromatic heterocycles. The minimum Gasteiger partial charge on any atom is -0.313 e. The number of allylic oxidation sites excluding steroid dienone is 1. The topological polar surface area (TPSA) is 52.0 Å². The van der Waals surface area contributed by atoms with E-state index in [9.17, 15) is 0 Å². The van der Waals surface area contributed by atoms with Gasteiger partial charge in [-0.1, -0.05) is 12.5 Å². The summed E-state index contributed by atoms with van der Waals surface area (Å²) in [6, 6.07) is 0. The largest absolute Gasteiger partial charge is 0.313 e. The molecule has 1 saturated carbocycles. The molecule has 0 aromatic carbocycles. The summed E-state index contributed by atoms with van der Waals surface area (Å²) in [5.74, 6) is 0.460. The molecule has 2 heteroatoms. The third kappa shape index (κ3) is 1.87. The molecule has 1 rings (SSSR count).